The van der Waals surface area contributed by atoms with Crippen LogP contribution in [0.1, 0.15) is 28.8 Å². The summed E-state index contributed by atoms with van der Waals surface area (Å²) in [6.45, 7) is 0.402. The lowest BCUT2D eigenvalue weighted by atomic mass is 9.99. The molecule has 4 nitrogen and oxygen atoms in total. The second-order valence-electron chi connectivity index (χ2n) is 7.05. The quantitative estimate of drug-likeness (QED) is 0.883. The molecule has 0 aromatic heterocycles. The van der Waals surface area contributed by atoms with E-state index in [-0.39, 0.29) is 36.9 Å². The fourth-order valence-corrected chi connectivity index (χ4v) is 3.87. The number of halogens is 2. The Bertz CT molecular complexity index is 805. The van der Waals surface area contributed by atoms with E-state index in [0.29, 0.717) is 12.0 Å². The standard InChI is InChI=1S/C20H21F2N3O/c21-14-7-5-12(6-8-14)19(25-10-15(22)11-25)20(26)24-17-9-13-3-1-2-4-16(13)18(17)23/h1-8,15,17-19H,9-11,23H2,(H,24,26)/t17-,18-,19?/m0/s1. The third-order valence-corrected chi connectivity index (χ3v) is 5.28. The van der Waals surface area contributed by atoms with Gasteiger partial charge >= 0.3 is 0 Å². The summed E-state index contributed by atoms with van der Waals surface area (Å²) in [7, 11) is 0. The number of rotatable bonds is 4. The van der Waals surface area contributed by atoms with E-state index in [0.717, 1.165) is 11.1 Å². The van der Waals surface area contributed by atoms with Crippen LogP contribution >= 0.6 is 0 Å². The molecule has 0 spiro atoms. The summed E-state index contributed by atoms with van der Waals surface area (Å²) in [5.74, 6) is -0.593. The maximum Gasteiger partial charge on any atom is 0.242 e. The lowest BCUT2D eigenvalue weighted by molar-refractivity contribution is -0.130. The first-order valence-electron chi connectivity index (χ1n) is 8.80. The first-order chi connectivity index (χ1) is 12.5. The number of alkyl halides is 1. The van der Waals surface area contributed by atoms with E-state index in [1.54, 1.807) is 17.0 Å². The third-order valence-electron chi connectivity index (χ3n) is 5.28. The van der Waals surface area contributed by atoms with Crippen LogP contribution in [0.2, 0.25) is 0 Å². The highest BCUT2D eigenvalue weighted by Crippen LogP contribution is 2.32. The number of hydrogen-bond donors (Lipinski definition) is 2. The van der Waals surface area contributed by atoms with E-state index in [2.05, 4.69) is 5.32 Å². The maximum atomic E-state index is 13.4. The molecule has 1 fully saturated rings. The van der Waals surface area contributed by atoms with Crippen molar-refractivity contribution in [2.45, 2.75) is 30.7 Å². The maximum absolute atomic E-state index is 13.4. The van der Waals surface area contributed by atoms with Gasteiger partial charge in [-0.25, -0.2) is 8.78 Å². The van der Waals surface area contributed by atoms with E-state index in [1.165, 1.54) is 12.1 Å². The zero-order valence-electron chi connectivity index (χ0n) is 14.2. The van der Waals surface area contributed by atoms with Crippen LogP contribution in [0.3, 0.4) is 0 Å². The fraction of sp³-hybridized carbons (Fsp3) is 0.350. The minimum atomic E-state index is -0.927. The summed E-state index contributed by atoms with van der Waals surface area (Å²) in [5.41, 5.74) is 9.14. The highest BCUT2D eigenvalue weighted by atomic mass is 19.1. The number of fused-ring (bicyclic) bond motifs is 1. The predicted octanol–water partition coefficient (Wildman–Crippen LogP) is 2.26. The number of benzene rings is 2. The van der Waals surface area contributed by atoms with Crippen LogP contribution in [0.15, 0.2) is 48.5 Å². The van der Waals surface area contributed by atoms with Gasteiger partial charge in [-0.1, -0.05) is 36.4 Å². The SMILES string of the molecule is N[C@H]1c2ccccc2C[C@@H]1NC(=O)C(c1ccc(F)cc1)N1CC(F)C1. The Morgan fingerprint density at radius 3 is 2.50 bits per heavy atom. The van der Waals surface area contributed by atoms with E-state index in [1.807, 2.05) is 24.3 Å². The van der Waals surface area contributed by atoms with Crippen molar-refractivity contribution < 1.29 is 13.6 Å². The molecular formula is C20H21F2N3O. The van der Waals surface area contributed by atoms with Crippen molar-refractivity contribution in [1.82, 2.24) is 10.2 Å². The molecule has 1 aliphatic carbocycles. The van der Waals surface area contributed by atoms with Crippen molar-refractivity contribution >= 4 is 5.91 Å². The van der Waals surface area contributed by atoms with Crippen LogP contribution in [0, 0.1) is 5.82 Å². The van der Waals surface area contributed by atoms with Crippen LogP contribution in [0.5, 0.6) is 0 Å². The number of nitrogens with one attached hydrogen (secondary N) is 1. The molecule has 1 unspecified atom stereocenters. The van der Waals surface area contributed by atoms with Crippen molar-refractivity contribution in [1.29, 1.82) is 0 Å². The van der Waals surface area contributed by atoms with Gasteiger partial charge in [-0.2, -0.15) is 0 Å². The number of likely N-dealkylation sites (tertiary alicyclic amines) is 1. The molecule has 3 N–H and O–H groups in total. The van der Waals surface area contributed by atoms with Gasteiger partial charge in [-0.3, -0.25) is 9.69 Å². The topological polar surface area (TPSA) is 58.4 Å². The average Bonchev–Trinajstić information content (AvgIpc) is 2.91. The van der Waals surface area contributed by atoms with Gasteiger partial charge in [-0.05, 0) is 35.2 Å². The first kappa shape index (κ1) is 17.1. The number of nitrogens with two attached hydrogens (primary N) is 1. The van der Waals surface area contributed by atoms with Crippen molar-refractivity contribution in [2.24, 2.45) is 5.73 Å². The van der Waals surface area contributed by atoms with Crippen molar-refractivity contribution in [3.05, 3.63) is 71.0 Å². The van der Waals surface area contributed by atoms with Gasteiger partial charge in [0.2, 0.25) is 5.91 Å². The van der Waals surface area contributed by atoms with Gasteiger partial charge in [0.05, 0.1) is 12.1 Å². The van der Waals surface area contributed by atoms with Crippen LogP contribution in [-0.4, -0.2) is 36.1 Å². The molecule has 1 saturated heterocycles. The summed E-state index contributed by atoms with van der Waals surface area (Å²) in [6, 6.07) is 12.6. The molecule has 3 atom stereocenters. The molecule has 136 valence electrons. The lowest BCUT2D eigenvalue weighted by Gasteiger charge is -2.40. The van der Waals surface area contributed by atoms with Crippen LogP contribution < -0.4 is 11.1 Å². The Morgan fingerprint density at radius 2 is 1.85 bits per heavy atom. The molecule has 2 aliphatic rings. The number of amides is 1. The number of carbonyl (C=O) groups excluding carboxylic acids is 1. The molecule has 2 aromatic rings. The Labute approximate surface area is 151 Å². The summed E-state index contributed by atoms with van der Waals surface area (Å²) < 4.78 is 26.6. The molecule has 2 aromatic carbocycles. The molecule has 26 heavy (non-hydrogen) atoms. The molecule has 6 heteroatoms. The molecule has 1 amide bonds. The fourth-order valence-electron chi connectivity index (χ4n) is 3.87. The van der Waals surface area contributed by atoms with Crippen LogP contribution in [0.4, 0.5) is 8.78 Å². The Balaban J connectivity index is 1.53. The van der Waals surface area contributed by atoms with Gasteiger partial charge in [0.1, 0.15) is 18.0 Å². The number of hydrogen-bond acceptors (Lipinski definition) is 3. The highest BCUT2D eigenvalue weighted by molar-refractivity contribution is 5.84. The zero-order valence-corrected chi connectivity index (χ0v) is 14.2. The molecule has 0 bridgehead atoms. The molecular weight excluding hydrogens is 336 g/mol. The first-order valence-corrected chi connectivity index (χ1v) is 8.80. The van der Waals surface area contributed by atoms with Crippen molar-refractivity contribution in [3.8, 4) is 0 Å². The molecule has 1 aliphatic heterocycles. The van der Waals surface area contributed by atoms with E-state index >= 15 is 0 Å². The monoisotopic (exact) mass is 357 g/mol. The van der Waals surface area contributed by atoms with Crippen molar-refractivity contribution in [3.63, 3.8) is 0 Å². The number of nitrogens with zero attached hydrogens (tertiary/aromatic N) is 1. The third kappa shape index (κ3) is 3.10. The van der Waals surface area contributed by atoms with Gasteiger partial charge in [-0.15, -0.1) is 0 Å². The summed E-state index contributed by atoms with van der Waals surface area (Å²) in [4.78, 5) is 14.8. The predicted molar refractivity (Wildman–Crippen MR) is 94.6 cm³/mol. The Kier molecular flexibility index (Phi) is 4.46. The average molecular weight is 357 g/mol. The second-order valence-corrected chi connectivity index (χ2v) is 7.05. The minimum absolute atomic E-state index is 0.201. The van der Waals surface area contributed by atoms with Crippen LogP contribution in [0.25, 0.3) is 0 Å². The molecule has 4 rings (SSSR count). The Hall–Kier alpha value is -2.31. The normalized spacial score (nSPS) is 24.0. The summed E-state index contributed by atoms with van der Waals surface area (Å²) >= 11 is 0. The Morgan fingerprint density at radius 1 is 1.15 bits per heavy atom. The summed E-state index contributed by atoms with van der Waals surface area (Å²) in [6.07, 6.45) is -0.256. The van der Waals surface area contributed by atoms with E-state index in [9.17, 15) is 13.6 Å². The zero-order chi connectivity index (χ0) is 18.3. The molecule has 0 saturated carbocycles. The highest BCUT2D eigenvalue weighted by Gasteiger charge is 2.39. The van der Waals surface area contributed by atoms with Crippen molar-refractivity contribution in [2.75, 3.05) is 13.1 Å². The van der Waals surface area contributed by atoms with E-state index in [4.69, 9.17) is 5.73 Å². The van der Waals surface area contributed by atoms with Crippen LogP contribution in [-0.2, 0) is 11.2 Å². The van der Waals surface area contributed by atoms with Gasteiger partial charge in [0.15, 0.2) is 0 Å². The smallest absolute Gasteiger partial charge is 0.242 e. The largest absolute Gasteiger partial charge is 0.349 e. The minimum Gasteiger partial charge on any atom is -0.349 e. The summed E-state index contributed by atoms with van der Waals surface area (Å²) in [5, 5.41) is 3.03. The van der Waals surface area contributed by atoms with Gasteiger partial charge in [0.25, 0.3) is 0 Å². The van der Waals surface area contributed by atoms with Gasteiger partial charge < -0.3 is 11.1 Å². The number of carbonyl (C=O) groups is 1. The second kappa shape index (κ2) is 6.78. The molecule has 0 radical (unpaired) electrons. The van der Waals surface area contributed by atoms with E-state index < -0.39 is 12.2 Å². The molecule has 1 heterocycles. The lowest BCUT2D eigenvalue weighted by Crippen LogP contribution is -2.55. The van der Waals surface area contributed by atoms with Gasteiger partial charge in [0, 0.05) is 13.1 Å².